The van der Waals surface area contributed by atoms with Gasteiger partial charge in [0, 0.05) is 41.3 Å². The number of benzene rings is 2. The third kappa shape index (κ3) is 4.65. The second-order valence-electron chi connectivity index (χ2n) is 8.45. The largest absolute Gasteiger partial charge is 0.550 e. The van der Waals surface area contributed by atoms with Gasteiger partial charge in [-0.1, -0.05) is 23.7 Å². The molecular weight excluding hydrogens is 503 g/mol. The molecule has 0 N–H and O–H groups in total. The number of nitrogens with zero attached hydrogens (tertiary/aromatic N) is 4. The predicted molar refractivity (Wildman–Crippen MR) is 129 cm³/mol. The first-order chi connectivity index (χ1) is 17.9. The van der Waals surface area contributed by atoms with Crippen LogP contribution in [0.1, 0.15) is 41.3 Å². The zero-order valence-corrected chi connectivity index (χ0v) is 20.8. The van der Waals surface area contributed by atoms with Crippen LogP contribution in [0.25, 0.3) is 5.69 Å². The van der Waals surface area contributed by atoms with Crippen LogP contribution in [-0.4, -0.2) is 39.5 Å². The van der Waals surface area contributed by atoms with Gasteiger partial charge in [0.2, 0.25) is 0 Å². The fourth-order valence-electron chi connectivity index (χ4n) is 4.76. The van der Waals surface area contributed by atoms with Crippen molar-refractivity contribution in [1.29, 1.82) is 0 Å². The summed E-state index contributed by atoms with van der Waals surface area (Å²) in [5.41, 5.74) is 2.20. The Labute approximate surface area is 217 Å². The number of hydrogen-bond acceptors (Lipinski definition) is 7. The number of aromatic nitrogens is 4. The van der Waals surface area contributed by atoms with Crippen LogP contribution in [0.3, 0.4) is 0 Å². The van der Waals surface area contributed by atoms with Crippen molar-refractivity contribution in [3.63, 3.8) is 0 Å². The number of fused-ring (bicyclic) bond motifs is 3. The monoisotopic (exact) mass is 525 g/mol. The molecule has 0 saturated carbocycles. The minimum absolute atomic E-state index is 0.230. The van der Waals surface area contributed by atoms with Gasteiger partial charge >= 0.3 is 0 Å². The third-order valence-electron chi connectivity index (χ3n) is 6.31. The molecule has 0 unspecified atom stereocenters. The van der Waals surface area contributed by atoms with Crippen molar-refractivity contribution in [1.82, 2.24) is 19.3 Å². The molecule has 0 aliphatic carbocycles. The van der Waals surface area contributed by atoms with E-state index < -0.39 is 24.0 Å². The van der Waals surface area contributed by atoms with E-state index in [9.17, 15) is 9.90 Å². The molecule has 2 aromatic heterocycles. The van der Waals surface area contributed by atoms with Crippen molar-refractivity contribution < 1.29 is 28.5 Å². The van der Waals surface area contributed by atoms with Gasteiger partial charge in [-0.25, -0.2) is 14.1 Å². The predicted octanol–water partition coefficient (Wildman–Crippen LogP) is 3.42. The second-order valence-corrected chi connectivity index (χ2v) is 8.89. The Morgan fingerprint density at radius 1 is 1.19 bits per heavy atom. The van der Waals surface area contributed by atoms with E-state index >= 15 is 4.39 Å². The number of carbonyl (C=O) groups excluding carboxylic acids is 1. The van der Waals surface area contributed by atoms with Crippen LogP contribution in [0.2, 0.25) is 5.02 Å². The van der Waals surface area contributed by atoms with Crippen LogP contribution in [0.15, 0.2) is 55.0 Å². The van der Waals surface area contributed by atoms with Crippen LogP contribution in [-0.2, 0) is 22.5 Å². The molecule has 2 atom stereocenters. The Kier molecular flexibility index (Phi) is 6.86. The Morgan fingerprint density at radius 3 is 2.78 bits per heavy atom. The summed E-state index contributed by atoms with van der Waals surface area (Å²) in [4.78, 5) is 15.1. The maximum atomic E-state index is 15.5. The lowest BCUT2D eigenvalue weighted by atomic mass is 9.98. The summed E-state index contributed by atoms with van der Waals surface area (Å²) < 4.78 is 36.6. The number of carbonyl (C=O) groups is 1. The Morgan fingerprint density at radius 2 is 2.03 bits per heavy atom. The van der Waals surface area contributed by atoms with Gasteiger partial charge in [-0.3, -0.25) is 0 Å². The minimum atomic E-state index is -1.25. The summed E-state index contributed by atoms with van der Waals surface area (Å²) in [6.07, 6.45) is 1.79. The van der Waals surface area contributed by atoms with Crippen LogP contribution in [0.4, 0.5) is 4.39 Å². The number of carboxylic acids is 1. The molecule has 37 heavy (non-hydrogen) atoms. The lowest BCUT2D eigenvalue weighted by Crippen LogP contribution is -2.26. The summed E-state index contributed by atoms with van der Waals surface area (Å²) in [7, 11) is 3.07. The molecule has 0 amide bonds. The Hall–Kier alpha value is -3.89. The molecule has 192 valence electrons. The number of carboxylic acid groups (broad SMARTS) is 1. The quantitative estimate of drug-likeness (QED) is 0.347. The van der Waals surface area contributed by atoms with Crippen LogP contribution >= 0.6 is 11.6 Å². The first kappa shape index (κ1) is 24.8. The summed E-state index contributed by atoms with van der Waals surface area (Å²) in [6, 6.07) is 12.0. The van der Waals surface area contributed by atoms with Gasteiger partial charge in [0.15, 0.2) is 11.5 Å². The fourth-order valence-corrected chi connectivity index (χ4v) is 4.98. The molecule has 2 aromatic carbocycles. The number of hydrogen-bond donors (Lipinski definition) is 0. The molecule has 0 bridgehead atoms. The highest BCUT2D eigenvalue weighted by molar-refractivity contribution is 6.30. The lowest BCUT2D eigenvalue weighted by molar-refractivity contribution is -0.304. The van der Waals surface area contributed by atoms with Gasteiger partial charge < -0.3 is 28.7 Å². The maximum absolute atomic E-state index is 15.5. The maximum Gasteiger partial charge on any atom is 0.166 e. The minimum Gasteiger partial charge on any atom is -0.550 e. The van der Waals surface area contributed by atoms with E-state index in [2.05, 4.69) is 10.1 Å². The van der Waals surface area contributed by atoms with E-state index in [1.54, 1.807) is 22.9 Å². The lowest BCUT2D eigenvalue weighted by Gasteiger charge is -2.25. The first-order valence-corrected chi connectivity index (χ1v) is 11.9. The van der Waals surface area contributed by atoms with E-state index in [4.69, 9.17) is 25.8 Å². The number of ether oxygens (including phenoxy) is 3. The van der Waals surface area contributed by atoms with Crippen molar-refractivity contribution in [2.24, 2.45) is 0 Å². The van der Waals surface area contributed by atoms with Crippen molar-refractivity contribution >= 4 is 17.6 Å². The number of rotatable bonds is 8. The standard InChI is InChI=1S/C26H24ClFN4O5/c1-35-21-7-3-5-16(26(21)36-2)25-17-11-15(27)12-18(28)24(17)31-9-4-6-19(31)20(37-25)8-10-32-22(13-23(33)34)29-14-30-32/h3-7,9,11-12,14,20,25H,8,10,13H2,1-2H3,(H,33,34)/p-1/t20-,25-/m1/s1. The van der Waals surface area contributed by atoms with Gasteiger partial charge in [-0.15, -0.1) is 0 Å². The van der Waals surface area contributed by atoms with Crippen molar-refractivity contribution in [3.8, 4) is 17.2 Å². The zero-order chi connectivity index (χ0) is 26.1. The molecule has 0 radical (unpaired) electrons. The number of para-hydroxylation sites is 1. The molecule has 0 fully saturated rings. The van der Waals surface area contributed by atoms with Gasteiger partial charge in [0.25, 0.3) is 0 Å². The molecule has 9 nitrogen and oxygen atoms in total. The smallest absolute Gasteiger partial charge is 0.166 e. The highest BCUT2D eigenvalue weighted by Gasteiger charge is 2.34. The van der Waals surface area contributed by atoms with Crippen LogP contribution in [0.5, 0.6) is 11.5 Å². The summed E-state index contributed by atoms with van der Waals surface area (Å²) in [5, 5.41) is 15.5. The molecule has 1 aliphatic heterocycles. The third-order valence-corrected chi connectivity index (χ3v) is 6.53. The Balaban J connectivity index is 1.61. The average Bonchev–Trinajstić information content (AvgIpc) is 3.50. The number of methoxy groups -OCH3 is 2. The summed E-state index contributed by atoms with van der Waals surface area (Å²) in [6.45, 7) is 0.306. The number of aryl methyl sites for hydroxylation is 1. The highest BCUT2D eigenvalue weighted by atomic mass is 35.5. The SMILES string of the molecule is COc1cccc([C@H]2O[C@H](CCn3ncnc3CC(=O)[O-])c3cccn3-c3c(F)cc(Cl)cc32)c1OC. The average molecular weight is 526 g/mol. The number of halogens is 2. The number of aliphatic carboxylic acids is 1. The molecular formula is C26H23ClFN4O5-. The highest BCUT2D eigenvalue weighted by Crippen LogP contribution is 2.47. The molecule has 11 heteroatoms. The van der Waals surface area contributed by atoms with Gasteiger partial charge in [-0.2, -0.15) is 5.10 Å². The van der Waals surface area contributed by atoms with Gasteiger partial charge in [0.1, 0.15) is 30.2 Å². The van der Waals surface area contributed by atoms with Gasteiger partial charge in [-0.05, 0) is 36.8 Å². The van der Waals surface area contributed by atoms with E-state index in [-0.39, 0.29) is 17.3 Å². The van der Waals surface area contributed by atoms with Crippen molar-refractivity contribution in [2.45, 2.75) is 31.6 Å². The summed E-state index contributed by atoms with van der Waals surface area (Å²) >= 11 is 6.31. The molecule has 5 rings (SSSR count). The zero-order valence-electron chi connectivity index (χ0n) is 20.1. The van der Waals surface area contributed by atoms with Crippen molar-refractivity contribution in [2.75, 3.05) is 14.2 Å². The van der Waals surface area contributed by atoms with E-state index in [0.717, 1.165) is 0 Å². The van der Waals surface area contributed by atoms with Crippen LogP contribution in [0, 0.1) is 5.82 Å². The van der Waals surface area contributed by atoms with Crippen molar-refractivity contribution in [3.05, 3.63) is 88.5 Å². The second kappa shape index (κ2) is 10.2. The van der Waals surface area contributed by atoms with Gasteiger partial charge in [0.05, 0.1) is 25.6 Å². The normalized spacial score (nSPS) is 16.5. The Bertz CT molecular complexity index is 1450. The van der Waals surface area contributed by atoms with Crippen LogP contribution < -0.4 is 14.6 Å². The fraction of sp³-hybridized carbons (Fsp3) is 0.269. The van der Waals surface area contributed by atoms with E-state index in [0.29, 0.717) is 47.0 Å². The molecule has 3 heterocycles. The van der Waals surface area contributed by atoms with E-state index in [1.807, 2.05) is 24.3 Å². The molecule has 0 saturated heterocycles. The molecule has 0 spiro atoms. The first-order valence-electron chi connectivity index (χ1n) is 11.5. The van der Waals surface area contributed by atoms with E-state index in [1.165, 1.54) is 31.3 Å². The summed E-state index contributed by atoms with van der Waals surface area (Å²) in [5.74, 6) is -0.511. The topological polar surface area (TPSA) is 103 Å². The molecule has 4 aromatic rings. The molecule has 1 aliphatic rings.